The van der Waals surface area contributed by atoms with Crippen LogP contribution in [0.3, 0.4) is 0 Å². The second kappa shape index (κ2) is 6.22. The molecule has 5 nitrogen and oxygen atoms in total. The second-order valence-electron chi connectivity index (χ2n) is 5.31. The van der Waals surface area contributed by atoms with Gasteiger partial charge in [0.1, 0.15) is 5.82 Å². The average molecular weight is 291 g/mol. The van der Waals surface area contributed by atoms with E-state index in [4.69, 9.17) is 4.42 Å². The predicted molar refractivity (Wildman–Crippen MR) is 76.4 cm³/mol. The summed E-state index contributed by atoms with van der Waals surface area (Å²) < 4.78 is 19.4. The number of benzene rings is 1. The van der Waals surface area contributed by atoms with E-state index in [-0.39, 0.29) is 11.7 Å². The van der Waals surface area contributed by atoms with Gasteiger partial charge in [-0.05, 0) is 50.2 Å². The minimum Gasteiger partial charge on any atom is -0.388 e. The van der Waals surface area contributed by atoms with Crippen molar-refractivity contribution in [2.24, 2.45) is 0 Å². The smallest absolute Gasteiger partial charge is 0.388 e. The maximum absolute atomic E-state index is 12.9. The van der Waals surface area contributed by atoms with Crippen molar-refractivity contribution in [1.29, 1.82) is 0 Å². The van der Waals surface area contributed by atoms with E-state index in [9.17, 15) is 9.18 Å². The number of hydrogen-bond donors (Lipinski definition) is 0. The van der Waals surface area contributed by atoms with Crippen molar-refractivity contribution in [3.8, 4) is 11.5 Å². The summed E-state index contributed by atoms with van der Waals surface area (Å²) in [5, 5.41) is 4.18. The molecule has 1 aromatic heterocycles. The van der Waals surface area contributed by atoms with Gasteiger partial charge in [0.05, 0.1) is 6.54 Å². The molecule has 0 spiro atoms. The number of rotatable bonds is 4. The van der Waals surface area contributed by atoms with Gasteiger partial charge in [-0.2, -0.15) is 4.68 Å². The Balaban J connectivity index is 1.69. The molecule has 112 valence electrons. The van der Waals surface area contributed by atoms with Crippen LogP contribution in [0.5, 0.6) is 0 Å². The zero-order chi connectivity index (χ0) is 14.7. The van der Waals surface area contributed by atoms with Gasteiger partial charge in [-0.1, -0.05) is 6.42 Å². The van der Waals surface area contributed by atoms with E-state index in [0.717, 1.165) is 19.6 Å². The Morgan fingerprint density at radius 3 is 2.52 bits per heavy atom. The molecule has 3 rings (SSSR count). The van der Waals surface area contributed by atoms with E-state index in [1.165, 1.54) is 36.1 Å². The SMILES string of the molecule is O=c1oc(-c2ccc(F)cc2)nn1CCN1CCCCC1. The van der Waals surface area contributed by atoms with E-state index in [2.05, 4.69) is 10.00 Å². The van der Waals surface area contributed by atoms with E-state index in [0.29, 0.717) is 12.1 Å². The molecule has 1 fully saturated rings. The third-order valence-electron chi connectivity index (χ3n) is 3.77. The van der Waals surface area contributed by atoms with Crippen molar-refractivity contribution >= 4 is 0 Å². The van der Waals surface area contributed by atoms with Crippen LogP contribution in [-0.4, -0.2) is 34.3 Å². The van der Waals surface area contributed by atoms with Gasteiger partial charge >= 0.3 is 5.76 Å². The second-order valence-corrected chi connectivity index (χ2v) is 5.31. The summed E-state index contributed by atoms with van der Waals surface area (Å²) in [6, 6.07) is 5.75. The van der Waals surface area contributed by atoms with Gasteiger partial charge in [-0.25, -0.2) is 9.18 Å². The van der Waals surface area contributed by atoms with Crippen molar-refractivity contribution < 1.29 is 8.81 Å². The van der Waals surface area contributed by atoms with Gasteiger partial charge in [-0.3, -0.25) is 0 Å². The summed E-state index contributed by atoms with van der Waals surface area (Å²) in [5.74, 6) is -0.560. The van der Waals surface area contributed by atoms with Crippen LogP contribution in [0.25, 0.3) is 11.5 Å². The van der Waals surface area contributed by atoms with Gasteiger partial charge in [-0.15, -0.1) is 5.10 Å². The summed E-state index contributed by atoms with van der Waals surface area (Å²) in [4.78, 5) is 14.1. The molecular weight excluding hydrogens is 273 g/mol. The van der Waals surface area contributed by atoms with Gasteiger partial charge in [0.25, 0.3) is 0 Å². The molecule has 0 aliphatic carbocycles. The lowest BCUT2D eigenvalue weighted by Crippen LogP contribution is -2.34. The fourth-order valence-electron chi connectivity index (χ4n) is 2.58. The van der Waals surface area contributed by atoms with Gasteiger partial charge in [0, 0.05) is 12.1 Å². The highest BCUT2D eigenvalue weighted by Crippen LogP contribution is 2.15. The zero-order valence-corrected chi connectivity index (χ0v) is 11.8. The lowest BCUT2D eigenvalue weighted by molar-refractivity contribution is 0.216. The molecule has 1 aliphatic rings. The molecule has 0 unspecified atom stereocenters. The predicted octanol–water partition coefficient (Wildman–Crippen LogP) is 2.13. The van der Waals surface area contributed by atoms with Gasteiger partial charge < -0.3 is 9.32 Å². The highest BCUT2D eigenvalue weighted by Gasteiger charge is 2.13. The monoisotopic (exact) mass is 291 g/mol. The first-order valence-electron chi connectivity index (χ1n) is 7.28. The third-order valence-corrected chi connectivity index (χ3v) is 3.77. The Kier molecular flexibility index (Phi) is 4.15. The summed E-state index contributed by atoms with van der Waals surface area (Å²) in [5.41, 5.74) is 0.602. The summed E-state index contributed by atoms with van der Waals surface area (Å²) in [7, 11) is 0. The summed E-state index contributed by atoms with van der Waals surface area (Å²) in [6.07, 6.45) is 3.72. The van der Waals surface area contributed by atoms with Crippen LogP contribution in [0.15, 0.2) is 33.5 Å². The largest absolute Gasteiger partial charge is 0.437 e. The molecule has 1 aromatic carbocycles. The van der Waals surface area contributed by atoms with Crippen molar-refractivity contribution in [3.05, 3.63) is 40.6 Å². The normalized spacial score (nSPS) is 16.2. The quantitative estimate of drug-likeness (QED) is 0.866. The van der Waals surface area contributed by atoms with Crippen LogP contribution in [0, 0.1) is 5.82 Å². The Labute approximate surface area is 122 Å². The first kappa shape index (κ1) is 14.0. The first-order chi connectivity index (χ1) is 10.2. The maximum Gasteiger partial charge on any atom is 0.437 e. The van der Waals surface area contributed by atoms with E-state index >= 15 is 0 Å². The van der Waals surface area contributed by atoms with Crippen LogP contribution in [0.1, 0.15) is 19.3 Å². The number of aromatic nitrogens is 2. The highest BCUT2D eigenvalue weighted by molar-refractivity contribution is 5.51. The molecule has 0 radical (unpaired) electrons. The van der Waals surface area contributed by atoms with Crippen molar-refractivity contribution in [2.75, 3.05) is 19.6 Å². The fraction of sp³-hybridized carbons (Fsp3) is 0.467. The minimum absolute atomic E-state index is 0.235. The van der Waals surface area contributed by atoms with Crippen LogP contribution in [0.2, 0.25) is 0 Å². The lowest BCUT2D eigenvalue weighted by atomic mass is 10.1. The standard InChI is InChI=1S/C15H18FN3O2/c16-13-6-4-12(5-7-13)14-17-19(15(20)21-14)11-10-18-8-2-1-3-9-18/h4-7H,1-3,8-11H2. The molecule has 2 aromatic rings. The number of piperidine rings is 1. The third kappa shape index (κ3) is 3.39. The Morgan fingerprint density at radius 2 is 1.81 bits per heavy atom. The number of likely N-dealkylation sites (tertiary alicyclic amines) is 1. The van der Waals surface area contributed by atoms with Crippen molar-refractivity contribution in [2.45, 2.75) is 25.8 Å². The summed E-state index contributed by atoms with van der Waals surface area (Å²) in [6.45, 7) is 3.48. The number of nitrogens with zero attached hydrogens (tertiary/aromatic N) is 3. The Hall–Kier alpha value is -1.95. The number of halogens is 1. The summed E-state index contributed by atoms with van der Waals surface area (Å²) >= 11 is 0. The molecule has 1 aliphatic heterocycles. The first-order valence-corrected chi connectivity index (χ1v) is 7.28. The maximum atomic E-state index is 12.9. The Morgan fingerprint density at radius 1 is 1.10 bits per heavy atom. The molecule has 21 heavy (non-hydrogen) atoms. The van der Waals surface area contributed by atoms with Crippen LogP contribution in [0.4, 0.5) is 4.39 Å². The lowest BCUT2D eigenvalue weighted by Gasteiger charge is -2.25. The van der Waals surface area contributed by atoms with Crippen LogP contribution >= 0.6 is 0 Å². The highest BCUT2D eigenvalue weighted by atomic mass is 19.1. The molecule has 1 saturated heterocycles. The molecule has 2 heterocycles. The van der Waals surface area contributed by atoms with Gasteiger partial charge in [0.15, 0.2) is 0 Å². The zero-order valence-electron chi connectivity index (χ0n) is 11.8. The van der Waals surface area contributed by atoms with E-state index < -0.39 is 5.76 Å². The van der Waals surface area contributed by atoms with E-state index in [1.807, 2.05) is 0 Å². The van der Waals surface area contributed by atoms with Crippen LogP contribution < -0.4 is 5.76 Å². The molecule has 6 heteroatoms. The molecular formula is C15H18FN3O2. The molecule has 0 amide bonds. The number of hydrogen-bond acceptors (Lipinski definition) is 4. The minimum atomic E-state index is -0.466. The molecule has 0 bridgehead atoms. The Bertz CT molecular complexity index is 642. The van der Waals surface area contributed by atoms with Crippen molar-refractivity contribution in [1.82, 2.24) is 14.7 Å². The average Bonchev–Trinajstić information content (AvgIpc) is 2.88. The topological polar surface area (TPSA) is 51.3 Å². The fourth-order valence-corrected chi connectivity index (χ4v) is 2.58. The van der Waals surface area contributed by atoms with Crippen molar-refractivity contribution in [3.63, 3.8) is 0 Å². The molecule has 0 saturated carbocycles. The van der Waals surface area contributed by atoms with E-state index in [1.54, 1.807) is 12.1 Å². The molecule has 0 N–H and O–H groups in total. The van der Waals surface area contributed by atoms with Crippen LogP contribution in [-0.2, 0) is 6.54 Å². The molecule has 0 atom stereocenters. The van der Waals surface area contributed by atoms with Gasteiger partial charge in [0.2, 0.25) is 5.89 Å².